The lowest BCUT2D eigenvalue weighted by atomic mass is 10.1. The lowest BCUT2D eigenvalue weighted by Gasteiger charge is -1.99. The minimum atomic E-state index is -1.48. The van der Waals surface area contributed by atoms with Crippen molar-refractivity contribution in [3.05, 3.63) is 34.8 Å². The molecule has 0 radical (unpaired) electrons. The van der Waals surface area contributed by atoms with E-state index in [0.717, 1.165) is 0 Å². The maximum Gasteiger partial charge on any atom is 0.159 e. The molecule has 0 aromatic rings. The molecule has 76 valence electrons. The second-order valence-electron chi connectivity index (χ2n) is 3.24. The van der Waals surface area contributed by atoms with Crippen LogP contribution in [0, 0.1) is 5.92 Å². The Morgan fingerprint density at radius 2 is 2.07 bits per heavy atom. The number of carbonyl (C=O) groups is 1. The smallest absolute Gasteiger partial charge is 0.159 e. The van der Waals surface area contributed by atoms with Gasteiger partial charge in [0.2, 0.25) is 0 Å². The molecule has 14 heavy (non-hydrogen) atoms. The average Bonchev–Trinajstić information content (AvgIpc) is 2.26. The van der Waals surface area contributed by atoms with Crippen LogP contribution in [0.25, 0.3) is 0 Å². The van der Waals surface area contributed by atoms with Gasteiger partial charge in [0, 0.05) is 5.57 Å². The van der Waals surface area contributed by atoms with Gasteiger partial charge in [-0.15, -0.1) is 0 Å². The molecule has 0 heterocycles. The van der Waals surface area contributed by atoms with Crippen LogP contribution in [0.3, 0.4) is 0 Å². The third-order valence-electron chi connectivity index (χ3n) is 1.94. The van der Waals surface area contributed by atoms with Gasteiger partial charge in [-0.3, -0.25) is 4.79 Å². The summed E-state index contributed by atoms with van der Waals surface area (Å²) in [6.45, 7) is 3.43. The maximum absolute atomic E-state index is 11.1. The Bertz CT molecular complexity index is 332. The fourth-order valence-corrected chi connectivity index (χ4v) is 1.79. The molecule has 4 heteroatoms. The highest BCUT2D eigenvalue weighted by molar-refractivity contribution is 7.86. The zero-order valence-electron chi connectivity index (χ0n) is 8.19. The number of carbonyl (C=O) groups excluding carboxylic acids is 1. The first-order valence-corrected chi connectivity index (χ1v) is 5.51. The number of ketones is 1. The van der Waals surface area contributed by atoms with Gasteiger partial charge in [0.15, 0.2) is 5.78 Å². The van der Waals surface area contributed by atoms with Crippen LogP contribution in [0.4, 0.5) is 0 Å². The molecular weight excluding hydrogens is 198 g/mol. The third kappa shape index (κ3) is 2.75. The number of rotatable bonds is 2. The zero-order valence-corrected chi connectivity index (χ0v) is 9.01. The standard InChI is InChI=1S/C10H13NO2S/c1-7-5-9(8(2)12)3-4-10(6-7)14(11)13/h3-7H,11H2,1-2H3. The van der Waals surface area contributed by atoms with E-state index in [1.165, 1.54) is 6.92 Å². The van der Waals surface area contributed by atoms with E-state index in [2.05, 4.69) is 0 Å². The van der Waals surface area contributed by atoms with Crippen LogP contribution in [-0.4, -0.2) is 9.99 Å². The van der Waals surface area contributed by atoms with Crippen LogP contribution in [-0.2, 0) is 15.8 Å². The summed E-state index contributed by atoms with van der Waals surface area (Å²) in [4.78, 5) is 11.7. The molecule has 1 rings (SSSR count). The third-order valence-corrected chi connectivity index (χ3v) is 2.67. The summed E-state index contributed by atoms with van der Waals surface area (Å²) < 4.78 is 11.0. The summed E-state index contributed by atoms with van der Waals surface area (Å²) in [5.74, 6) is 0.0805. The van der Waals surface area contributed by atoms with E-state index in [1.807, 2.05) is 13.0 Å². The average molecular weight is 211 g/mol. The van der Waals surface area contributed by atoms with E-state index in [1.54, 1.807) is 18.2 Å². The van der Waals surface area contributed by atoms with Crippen molar-refractivity contribution < 1.29 is 9.00 Å². The van der Waals surface area contributed by atoms with Gasteiger partial charge in [-0.05, 0) is 18.9 Å². The van der Waals surface area contributed by atoms with Gasteiger partial charge < -0.3 is 0 Å². The van der Waals surface area contributed by atoms with E-state index in [-0.39, 0.29) is 11.7 Å². The molecule has 0 bridgehead atoms. The molecule has 0 aromatic carbocycles. The van der Waals surface area contributed by atoms with Crippen molar-refractivity contribution in [2.75, 3.05) is 0 Å². The minimum absolute atomic E-state index is 0.00514. The lowest BCUT2D eigenvalue weighted by Crippen LogP contribution is -2.04. The van der Waals surface area contributed by atoms with Crippen molar-refractivity contribution in [2.45, 2.75) is 13.8 Å². The van der Waals surface area contributed by atoms with Gasteiger partial charge >= 0.3 is 0 Å². The molecule has 3 nitrogen and oxygen atoms in total. The van der Waals surface area contributed by atoms with E-state index < -0.39 is 11.0 Å². The molecule has 0 aliphatic heterocycles. The highest BCUT2D eigenvalue weighted by Gasteiger charge is 2.09. The Balaban J connectivity index is 3.02. The van der Waals surface area contributed by atoms with Gasteiger partial charge in [-0.2, -0.15) is 0 Å². The van der Waals surface area contributed by atoms with Gasteiger partial charge in [0.1, 0.15) is 11.0 Å². The van der Waals surface area contributed by atoms with Crippen molar-refractivity contribution in [2.24, 2.45) is 11.1 Å². The molecule has 2 unspecified atom stereocenters. The van der Waals surface area contributed by atoms with Crippen LogP contribution in [0.15, 0.2) is 34.8 Å². The van der Waals surface area contributed by atoms with Gasteiger partial charge in [-0.1, -0.05) is 25.2 Å². The van der Waals surface area contributed by atoms with E-state index in [4.69, 9.17) is 5.14 Å². The summed E-state index contributed by atoms with van der Waals surface area (Å²) in [6, 6.07) is 0. The molecule has 0 amide bonds. The minimum Gasteiger partial charge on any atom is -0.295 e. The van der Waals surface area contributed by atoms with Gasteiger partial charge in [0.05, 0.1) is 4.91 Å². The van der Waals surface area contributed by atoms with E-state index in [9.17, 15) is 9.00 Å². The fraction of sp³-hybridized carbons (Fsp3) is 0.300. The van der Waals surface area contributed by atoms with Crippen molar-refractivity contribution in [1.29, 1.82) is 0 Å². The van der Waals surface area contributed by atoms with Crippen molar-refractivity contribution in [3.8, 4) is 0 Å². The van der Waals surface area contributed by atoms with Crippen molar-refractivity contribution in [3.63, 3.8) is 0 Å². The van der Waals surface area contributed by atoms with E-state index >= 15 is 0 Å². The van der Waals surface area contributed by atoms with Crippen LogP contribution < -0.4 is 5.14 Å². The van der Waals surface area contributed by atoms with Gasteiger partial charge in [-0.25, -0.2) is 9.35 Å². The zero-order chi connectivity index (χ0) is 10.7. The Hall–Kier alpha value is -1.00. The number of hydrogen-bond donors (Lipinski definition) is 1. The number of allylic oxidation sites excluding steroid dienone is 5. The van der Waals surface area contributed by atoms with Crippen LogP contribution in [0.5, 0.6) is 0 Å². The number of hydrogen-bond acceptors (Lipinski definition) is 2. The second kappa shape index (κ2) is 4.48. The molecular formula is C10H13NO2S. The molecule has 0 spiro atoms. The summed E-state index contributed by atoms with van der Waals surface area (Å²) in [7, 11) is -1.48. The predicted octanol–water partition coefficient (Wildman–Crippen LogP) is 1.21. The molecule has 0 aromatic heterocycles. The van der Waals surface area contributed by atoms with Crippen LogP contribution >= 0.6 is 0 Å². The Kier molecular flexibility index (Phi) is 3.55. The monoisotopic (exact) mass is 211 g/mol. The largest absolute Gasteiger partial charge is 0.295 e. The highest BCUT2D eigenvalue weighted by Crippen LogP contribution is 2.16. The number of Topliss-reactive ketones (excluding diaryl/α,β-unsaturated/α-hetero) is 1. The highest BCUT2D eigenvalue weighted by atomic mass is 32.2. The molecule has 2 N–H and O–H groups in total. The molecule has 0 saturated heterocycles. The molecule has 0 saturated carbocycles. The fourth-order valence-electron chi connectivity index (χ4n) is 1.24. The normalized spacial score (nSPS) is 23.5. The lowest BCUT2D eigenvalue weighted by molar-refractivity contribution is -0.113. The second-order valence-corrected chi connectivity index (χ2v) is 4.30. The van der Waals surface area contributed by atoms with Crippen molar-refractivity contribution >= 4 is 16.8 Å². The Morgan fingerprint density at radius 1 is 1.43 bits per heavy atom. The van der Waals surface area contributed by atoms with Gasteiger partial charge in [0.25, 0.3) is 0 Å². The van der Waals surface area contributed by atoms with Crippen molar-refractivity contribution in [1.82, 2.24) is 0 Å². The topological polar surface area (TPSA) is 60.2 Å². The first-order valence-electron chi connectivity index (χ1n) is 4.29. The first kappa shape index (κ1) is 11.1. The summed E-state index contributed by atoms with van der Waals surface area (Å²) in [6.07, 6.45) is 6.91. The molecule has 2 atom stereocenters. The quantitative estimate of drug-likeness (QED) is 0.746. The SMILES string of the molecule is CC(=O)C1=CC(C)C=C(S(N)=O)C=C1. The molecule has 1 aliphatic rings. The molecule has 1 aliphatic carbocycles. The van der Waals surface area contributed by atoms with Crippen LogP contribution in [0.2, 0.25) is 0 Å². The first-order chi connectivity index (χ1) is 6.50. The predicted molar refractivity (Wildman–Crippen MR) is 57.5 cm³/mol. The van der Waals surface area contributed by atoms with E-state index in [0.29, 0.717) is 10.5 Å². The number of nitrogens with two attached hydrogens (primary N) is 1. The summed E-state index contributed by atoms with van der Waals surface area (Å²) >= 11 is 0. The Labute approximate surface area is 86.0 Å². The van der Waals surface area contributed by atoms with Crippen LogP contribution in [0.1, 0.15) is 13.8 Å². The maximum atomic E-state index is 11.1. The molecule has 0 fully saturated rings. The summed E-state index contributed by atoms with van der Waals surface area (Å²) in [5.41, 5.74) is 0.634. The Morgan fingerprint density at radius 3 is 2.57 bits per heavy atom. The summed E-state index contributed by atoms with van der Waals surface area (Å²) in [5, 5.41) is 5.26.